The zero-order valence-electron chi connectivity index (χ0n) is 11.8. The number of amides is 1. The van der Waals surface area contributed by atoms with Crippen molar-refractivity contribution in [1.82, 2.24) is 4.90 Å². The van der Waals surface area contributed by atoms with E-state index in [9.17, 15) is 9.18 Å². The van der Waals surface area contributed by atoms with Gasteiger partial charge in [-0.25, -0.2) is 4.39 Å². The number of morpholine rings is 1. The molecule has 3 rings (SSSR count). The summed E-state index contributed by atoms with van der Waals surface area (Å²) in [5.41, 5.74) is 1.11. The van der Waals surface area contributed by atoms with Crippen LogP contribution in [0.25, 0.3) is 0 Å². The third-order valence-electron chi connectivity index (χ3n) is 3.68. The SMILES string of the molecule is O=C(c1cc(Br)ccc1F)N1CCOC(c2ccccc2)C1. The standard InChI is InChI=1S/C17H15BrFNO2/c18-13-6-7-15(19)14(10-13)17(21)20-8-9-22-16(11-20)12-4-2-1-3-5-12/h1-7,10,16H,8-9,11H2. The average Bonchev–Trinajstić information content (AvgIpc) is 2.57. The van der Waals surface area contributed by atoms with E-state index in [1.807, 2.05) is 30.3 Å². The summed E-state index contributed by atoms with van der Waals surface area (Å²) in [6.07, 6.45) is -0.172. The molecule has 22 heavy (non-hydrogen) atoms. The third-order valence-corrected chi connectivity index (χ3v) is 4.18. The van der Waals surface area contributed by atoms with Gasteiger partial charge in [0, 0.05) is 11.0 Å². The fourth-order valence-electron chi connectivity index (χ4n) is 2.53. The molecule has 0 spiro atoms. The lowest BCUT2D eigenvalue weighted by molar-refractivity contribution is -0.0229. The van der Waals surface area contributed by atoms with Crippen LogP contribution in [0.3, 0.4) is 0 Å². The number of nitrogens with zero attached hydrogens (tertiary/aromatic N) is 1. The van der Waals surface area contributed by atoms with Crippen LogP contribution in [0.15, 0.2) is 53.0 Å². The summed E-state index contributed by atoms with van der Waals surface area (Å²) in [6.45, 7) is 1.34. The van der Waals surface area contributed by atoms with E-state index in [0.717, 1.165) is 5.56 Å². The predicted molar refractivity (Wildman–Crippen MR) is 85.1 cm³/mol. The van der Waals surface area contributed by atoms with Crippen LogP contribution < -0.4 is 0 Å². The summed E-state index contributed by atoms with van der Waals surface area (Å²) in [5, 5.41) is 0. The lowest BCUT2D eigenvalue weighted by atomic mass is 10.1. The molecule has 0 aliphatic carbocycles. The Hall–Kier alpha value is -1.72. The van der Waals surface area contributed by atoms with Gasteiger partial charge in [-0.15, -0.1) is 0 Å². The molecule has 0 N–H and O–H groups in total. The summed E-state index contributed by atoms with van der Waals surface area (Å²) in [4.78, 5) is 14.2. The van der Waals surface area contributed by atoms with Crippen molar-refractivity contribution in [1.29, 1.82) is 0 Å². The van der Waals surface area contributed by atoms with Crippen molar-refractivity contribution in [2.75, 3.05) is 19.7 Å². The summed E-state index contributed by atoms with van der Waals surface area (Å²) in [5.74, 6) is -0.806. The van der Waals surface area contributed by atoms with Crippen molar-refractivity contribution in [2.45, 2.75) is 6.10 Å². The Morgan fingerprint density at radius 3 is 2.77 bits per heavy atom. The molecule has 3 nitrogen and oxygen atoms in total. The van der Waals surface area contributed by atoms with Gasteiger partial charge >= 0.3 is 0 Å². The molecule has 1 heterocycles. The Morgan fingerprint density at radius 2 is 2.00 bits per heavy atom. The normalized spacial score (nSPS) is 18.3. The van der Waals surface area contributed by atoms with Crippen molar-refractivity contribution in [3.8, 4) is 0 Å². The first-order chi connectivity index (χ1) is 10.6. The topological polar surface area (TPSA) is 29.5 Å². The zero-order valence-corrected chi connectivity index (χ0v) is 13.4. The highest BCUT2D eigenvalue weighted by atomic mass is 79.9. The molecule has 0 saturated carbocycles. The van der Waals surface area contributed by atoms with Crippen LogP contribution in [-0.4, -0.2) is 30.5 Å². The Balaban J connectivity index is 1.80. The van der Waals surface area contributed by atoms with Crippen molar-refractivity contribution in [3.05, 3.63) is 69.9 Å². The summed E-state index contributed by atoms with van der Waals surface area (Å²) in [7, 11) is 0. The summed E-state index contributed by atoms with van der Waals surface area (Å²) < 4.78 is 20.3. The lowest BCUT2D eigenvalue weighted by Crippen LogP contribution is -2.42. The van der Waals surface area contributed by atoms with Crippen molar-refractivity contribution in [2.24, 2.45) is 0 Å². The fraction of sp³-hybridized carbons (Fsp3) is 0.235. The van der Waals surface area contributed by atoms with E-state index in [0.29, 0.717) is 24.2 Å². The average molecular weight is 364 g/mol. The highest BCUT2D eigenvalue weighted by Gasteiger charge is 2.27. The number of halogens is 2. The van der Waals surface area contributed by atoms with E-state index in [-0.39, 0.29) is 17.6 Å². The smallest absolute Gasteiger partial charge is 0.257 e. The first-order valence-corrected chi connectivity index (χ1v) is 7.85. The van der Waals surface area contributed by atoms with E-state index >= 15 is 0 Å². The molecule has 1 fully saturated rings. The molecule has 0 radical (unpaired) electrons. The Kier molecular flexibility index (Phi) is 4.55. The van der Waals surface area contributed by atoms with Gasteiger partial charge < -0.3 is 9.64 Å². The van der Waals surface area contributed by atoms with Crippen LogP contribution in [-0.2, 0) is 4.74 Å². The van der Waals surface area contributed by atoms with Crippen molar-refractivity contribution in [3.63, 3.8) is 0 Å². The number of benzene rings is 2. The third kappa shape index (κ3) is 3.20. The van der Waals surface area contributed by atoms with Crippen LogP contribution in [0.2, 0.25) is 0 Å². The minimum absolute atomic E-state index is 0.0862. The quantitative estimate of drug-likeness (QED) is 0.811. The number of hydrogen-bond donors (Lipinski definition) is 0. The Morgan fingerprint density at radius 1 is 1.23 bits per heavy atom. The molecule has 1 aliphatic rings. The van der Waals surface area contributed by atoms with Crippen LogP contribution in [0.5, 0.6) is 0 Å². The van der Waals surface area contributed by atoms with Crippen LogP contribution >= 0.6 is 15.9 Å². The van der Waals surface area contributed by atoms with Crippen LogP contribution in [0.1, 0.15) is 22.0 Å². The van der Waals surface area contributed by atoms with Gasteiger partial charge in [0.15, 0.2) is 0 Å². The second-order valence-corrected chi connectivity index (χ2v) is 6.06. The van der Waals surface area contributed by atoms with Crippen LogP contribution in [0.4, 0.5) is 4.39 Å². The zero-order chi connectivity index (χ0) is 15.5. The maximum absolute atomic E-state index is 13.9. The van der Waals surface area contributed by atoms with Crippen molar-refractivity contribution >= 4 is 21.8 Å². The maximum atomic E-state index is 13.9. The minimum Gasteiger partial charge on any atom is -0.370 e. The van der Waals surface area contributed by atoms with Crippen LogP contribution in [0, 0.1) is 5.82 Å². The van der Waals surface area contributed by atoms with E-state index < -0.39 is 5.82 Å². The number of carbonyl (C=O) groups excluding carboxylic acids is 1. The monoisotopic (exact) mass is 363 g/mol. The van der Waals surface area contributed by atoms with Gasteiger partial charge in [0.05, 0.1) is 18.7 Å². The fourth-order valence-corrected chi connectivity index (χ4v) is 2.90. The molecule has 1 amide bonds. The molecule has 0 bridgehead atoms. The number of hydrogen-bond acceptors (Lipinski definition) is 2. The Bertz CT molecular complexity index is 678. The van der Waals surface area contributed by atoms with Gasteiger partial charge in [-0.3, -0.25) is 4.79 Å². The van der Waals surface area contributed by atoms with Gasteiger partial charge in [-0.1, -0.05) is 46.3 Å². The van der Waals surface area contributed by atoms with Gasteiger partial charge in [0.2, 0.25) is 0 Å². The maximum Gasteiger partial charge on any atom is 0.257 e. The first-order valence-electron chi connectivity index (χ1n) is 7.06. The second kappa shape index (κ2) is 6.58. The molecular weight excluding hydrogens is 349 g/mol. The molecule has 2 aromatic rings. The van der Waals surface area contributed by atoms with E-state index in [1.165, 1.54) is 12.1 Å². The largest absolute Gasteiger partial charge is 0.370 e. The van der Waals surface area contributed by atoms with Gasteiger partial charge in [-0.05, 0) is 23.8 Å². The first kappa shape index (κ1) is 15.2. The van der Waals surface area contributed by atoms with Gasteiger partial charge in [0.1, 0.15) is 11.9 Å². The molecule has 2 aromatic carbocycles. The Labute approximate surface area is 136 Å². The number of ether oxygens (including phenoxy) is 1. The molecule has 1 unspecified atom stereocenters. The molecule has 1 aliphatic heterocycles. The molecule has 5 heteroatoms. The van der Waals surface area contributed by atoms with Gasteiger partial charge in [0.25, 0.3) is 5.91 Å². The van der Waals surface area contributed by atoms with E-state index in [2.05, 4.69) is 15.9 Å². The highest BCUT2D eigenvalue weighted by molar-refractivity contribution is 9.10. The van der Waals surface area contributed by atoms with E-state index in [1.54, 1.807) is 11.0 Å². The highest BCUT2D eigenvalue weighted by Crippen LogP contribution is 2.24. The molecule has 1 atom stereocenters. The minimum atomic E-state index is -0.504. The molecule has 114 valence electrons. The van der Waals surface area contributed by atoms with Gasteiger partial charge in [-0.2, -0.15) is 0 Å². The van der Waals surface area contributed by atoms with E-state index in [4.69, 9.17) is 4.74 Å². The molecule has 1 saturated heterocycles. The second-order valence-electron chi connectivity index (χ2n) is 5.15. The molecular formula is C17H15BrFNO2. The lowest BCUT2D eigenvalue weighted by Gasteiger charge is -2.33. The summed E-state index contributed by atoms with van der Waals surface area (Å²) >= 11 is 3.28. The predicted octanol–water partition coefficient (Wildman–Crippen LogP) is 3.80. The summed E-state index contributed by atoms with van der Waals surface area (Å²) in [6, 6.07) is 14.2. The molecule has 0 aromatic heterocycles. The number of carbonyl (C=O) groups is 1. The van der Waals surface area contributed by atoms with Crippen molar-refractivity contribution < 1.29 is 13.9 Å². The number of rotatable bonds is 2.